The van der Waals surface area contributed by atoms with E-state index in [0.29, 0.717) is 22.2 Å². The summed E-state index contributed by atoms with van der Waals surface area (Å²) in [6.45, 7) is 0.405. The molecule has 22 heavy (non-hydrogen) atoms. The molecule has 0 aliphatic rings. The SMILES string of the molecule is O=S(=O)(Cc1ccc(Cl)cc1Cl)NCCCc1ccccc1. The molecule has 0 fully saturated rings. The number of rotatable bonds is 7. The molecule has 2 aromatic rings. The van der Waals surface area contributed by atoms with Gasteiger partial charge in [-0.15, -0.1) is 0 Å². The molecular weight excluding hydrogens is 341 g/mol. The fourth-order valence-corrected chi connectivity index (χ4v) is 3.83. The molecule has 0 spiro atoms. The van der Waals surface area contributed by atoms with Crippen LogP contribution in [0.25, 0.3) is 0 Å². The van der Waals surface area contributed by atoms with E-state index in [-0.39, 0.29) is 5.75 Å². The molecule has 0 saturated heterocycles. The molecule has 3 nitrogen and oxygen atoms in total. The highest BCUT2D eigenvalue weighted by Crippen LogP contribution is 2.22. The van der Waals surface area contributed by atoms with Gasteiger partial charge in [0.1, 0.15) is 0 Å². The Labute approximate surface area is 141 Å². The van der Waals surface area contributed by atoms with Crippen molar-refractivity contribution in [2.45, 2.75) is 18.6 Å². The summed E-state index contributed by atoms with van der Waals surface area (Å²) in [6.07, 6.45) is 1.59. The van der Waals surface area contributed by atoms with Crippen molar-refractivity contribution in [2.24, 2.45) is 0 Å². The summed E-state index contributed by atoms with van der Waals surface area (Å²) in [5.41, 5.74) is 1.74. The quantitative estimate of drug-likeness (QED) is 0.759. The maximum absolute atomic E-state index is 12.0. The van der Waals surface area contributed by atoms with Crippen molar-refractivity contribution >= 4 is 33.2 Å². The van der Waals surface area contributed by atoms with Crippen LogP contribution in [-0.4, -0.2) is 15.0 Å². The minimum Gasteiger partial charge on any atom is -0.215 e. The molecule has 0 aliphatic heterocycles. The van der Waals surface area contributed by atoms with Gasteiger partial charge in [-0.25, -0.2) is 13.1 Å². The molecule has 0 aromatic heterocycles. The molecule has 2 rings (SSSR count). The highest BCUT2D eigenvalue weighted by Gasteiger charge is 2.13. The average Bonchev–Trinajstić information content (AvgIpc) is 2.48. The normalized spacial score (nSPS) is 11.5. The van der Waals surface area contributed by atoms with Gasteiger partial charge >= 0.3 is 0 Å². The lowest BCUT2D eigenvalue weighted by Gasteiger charge is -2.08. The lowest BCUT2D eigenvalue weighted by atomic mass is 10.1. The summed E-state index contributed by atoms with van der Waals surface area (Å²) >= 11 is 11.8. The Balaban J connectivity index is 1.83. The maximum atomic E-state index is 12.0. The summed E-state index contributed by atoms with van der Waals surface area (Å²) in [6, 6.07) is 14.8. The summed E-state index contributed by atoms with van der Waals surface area (Å²) in [7, 11) is -3.40. The van der Waals surface area contributed by atoms with Crippen molar-refractivity contribution in [3.8, 4) is 0 Å². The summed E-state index contributed by atoms with van der Waals surface area (Å²) in [4.78, 5) is 0. The number of hydrogen-bond acceptors (Lipinski definition) is 2. The van der Waals surface area contributed by atoms with Crippen LogP contribution in [0, 0.1) is 0 Å². The molecule has 0 aliphatic carbocycles. The first kappa shape index (κ1) is 17.3. The van der Waals surface area contributed by atoms with E-state index in [1.54, 1.807) is 18.2 Å². The van der Waals surface area contributed by atoms with Crippen LogP contribution in [0.15, 0.2) is 48.5 Å². The third-order valence-corrected chi connectivity index (χ3v) is 5.09. The topological polar surface area (TPSA) is 46.2 Å². The van der Waals surface area contributed by atoms with Gasteiger partial charge in [0, 0.05) is 16.6 Å². The van der Waals surface area contributed by atoms with Crippen molar-refractivity contribution in [2.75, 3.05) is 6.54 Å². The fraction of sp³-hybridized carbons (Fsp3) is 0.250. The van der Waals surface area contributed by atoms with E-state index in [1.807, 2.05) is 30.3 Å². The smallest absolute Gasteiger partial charge is 0.215 e. The van der Waals surface area contributed by atoms with Crippen molar-refractivity contribution < 1.29 is 8.42 Å². The molecule has 0 saturated carbocycles. The zero-order valence-electron chi connectivity index (χ0n) is 11.9. The van der Waals surface area contributed by atoms with E-state index < -0.39 is 10.0 Å². The zero-order valence-corrected chi connectivity index (χ0v) is 14.3. The van der Waals surface area contributed by atoms with Gasteiger partial charge in [-0.2, -0.15) is 0 Å². The molecule has 6 heteroatoms. The van der Waals surface area contributed by atoms with E-state index >= 15 is 0 Å². The lowest BCUT2D eigenvalue weighted by Crippen LogP contribution is -2.26. The fourth-order valence-electron chi connectivity index (χ4n) is 2.06. The largest absolute Gasteiger partial charge is 0.215 e. The standard InChI is InChI=1S/C16H17Cl2NO2S/c17-15-9-8-14(16(18)11-15)12-22(20,21)19-10-4-7-13-5-2-1-3-6-13/h1-3,5-6,8-9,11,19H,4,7,10,12H2. The van der Waals surface area contributed by atoms with Crippen LogP contribution in [0.2, 0.25) is 10.0 Å². The minimum absolute atomic E-state index is 0.145. The van der Waals surface area contributed by atoms with E-state index in [9.17, 15) is 8.42 Å². The predicted octanol–water partition coefficient (Wildman–Crippen LogP) is 4.05. The molecule has 0 heterocycles. The van der Waals surface area contributed by atoms with Crippen LogP contribution in [-0.2, 0) is 22.2 Å². The number of halogens is 2. The van der Waals surface area contributed by atoms with Crippen LogP contribution in [0.3, 0.4) is 0 Å². The predicted molar refractivity (Wildman–Crippen MR) is 91.9 cm³/mol. The highest BCUT2D eigenvalue weighted by atomic mass is 35.5. The van der Waals surface area contributed by atoms with E-state index in [1.165, 1.54) is 5.56 Å². The summed E-state index contributed by atoms with van der Waals surface area (Å²) in [5, 5.41) is 0.851. The Morgan fingerprint density at radius 2 is 1.73 bits per heavy atom. The third kappa shape index (κ3) is 5.61. The second kappa shape index (κ2) is 7.97. The van der Waals surface area contributed by atoms with Crippen molar-refractivity contribution in [1.82, 2.24) is 4.72 Å². The van der Waals surface area contributed by atoms with Crippen molar-refractivity contribution in [1.29, 1.82) is 0 Å². The Bertz CT molecular complexity index is 718. The molecule has 118 valence electrons. The third-order valence-electron chi connectivity index (χ3n) is 3.17. The Hall–Kier alpha value is -1.07. The number of sulfonamides is 1. The monoisotopic (exact) mass is 357 g/mol. The van der Waals surface area contributed by atoms with Crippen LogP contribution in [0.4, 0.5) is 0 Å². The van der Waals surface area contributed by atoms with Gasteiger partial charge in [-0.3, -0.25) is 0 Å². The first-order valence-electron chi connectivity index (χ1n) is 6.91. The average molecular weight is 358 g/mol. The number of benzene rings is 2. The summed E-state index contributed by atoms with van der Waals surface area (Å²) < 4.78 is 26.7. The first-order valence-corrected chi connectivity index (χ1v) is 9.32. The van der Waals surface area contributed by atoms with E-state index in [0.717, 1.165) is 12.8 Å². The van der Waals surface area contributed by atoms with Crippen molar-refractivity contribution in [3.05, 3.63) is 69.7 Å². The molecule has 0 amide bonds. The van der Waals surface area contributed by atoms with Gasteiger partial charge in [0.05, 0.1) is 5.75 Å². The Kier molecular flexibility index (Phi) is 6.26. The van der Waals surface area contributed by atoms with Crippen LogP contribution >= 0.6 is 23.2 Å². The van der Waals surface area contributed by atoms with Gasteiger partial charge in [0.15, 0.2) is 0 Å². The van der Waals surface area contributed by atoms with Gasteiger partial charge < -0.3 is 0 Å². The second-order valence-corrected chi connectivity index (χ2v) is 7.63. The zero-order chi connectivity index (χ0) is 16.0. The number of hydrogen-bond donors (Lipinski definition) is 1. The first-order chi connectivity index (χ1) is 10.5. The summed E-state index contributed by atoms with van der Waals surface area (Å²) in [5.74, 6) is -0.145. The number of nitrogens with one attached hydrogen (secondary N) is 1. The molecule has 0 atom stereocenters. The van der Waals surface area contributed by atoms with Crippen LogP contribution in [0.5, 0.6) is 0 Å². The highest BCUT2D eigenvalue weighted by molar-refractivity contribution is 7.88. The minimum atomic E-state index is -3.40. The molecule has 0 bridgehead atoms. The second-order valence-electron chi connectivity index (χ2n) is 4.98. The molecule has 1 N–H and O–H groups in total. The molecular formula is C16H17Cl2NO2S. The molecule has 2 aromatic carbocycles. The van der Waals surface area contributed by atoms with Gasteiger partial charge in [-0.1, -0.05) is 59.6 Å². The van der Waals surface area contributed by atoms with Gasteiger partial charge in [-0.05, 0) is 36.1 Å². The number of aryl methyl sites for hydroxylation is 1. The van der Waals surface area contributed by atoms with Crippen LogP contribution in [0.1, 0.15) is 17.5 Å². The van der Waals surface area contributed by atoms with Gasteiger partial charge in [0.25, 0.3) is 0 Å². The van der Waals surface area contributed by atoms with E-state index in [2.05, 4.69) is 4.72 Å². The Morgan fingerprint density at radius 1 is 1.00 bits per heavy atom. The van der Waals surface area contributed by atoms with Crippen molar-refractivity contribution in [3.63, 3.8) is 0 Å². The lowest BCUT2D eigenvalue weighted by molar-refractivity contribution is 0.578. The molecule has 0 radical (unpaired) electrons. The Morgan fingerprint density at radius 3 is 2.41 bits per heavy atom. The van der Waals surface area contributed by atoms with E-state index in [4.69, 9.17) is 23.2 Å². The van der Waals surface area contributed by atoms with Crippen LogP contribution < -0.4 is 4.72 Å². The maximum Gasteiger partial charge on any atom is 0.215 e. The molecule has 0 unspecified atom stereocenters. The van der Waals surface area contributed by atoms with Gasteiger partial charge in [0.2, 0.25) is 10.0 Å².